The topological polar surface area (TPSA) is 34.1 Å². The molecule has 0 aliphatic heterocycles. The second-order valence-electron chi connectivity index (χ2n) is 8.21. The first-order valence-corrected chi connectivity index (χ1v) is 9.53. The molecule has 0 N–H and O–H groups in total. The normalized spacial score (nSPS) is 23.4. The molecule has 0 saturated heterocycles. The molecular weight excluding hydrogens is 308 g/mol. The van der Waals surface area contributed by atoms with Gasteiger partial charge in [-0.15, -0.1) is 0 Å². The standard InChI is InChI=1S/C23H32O2/c1-14(2)22(24)16(5)7-8-18-9-11-19(12-10-18)13-20-17(6)21(20)23(25)15(3)4/h9-12,15-17,20-21H,1,7-8,13H2,2-6H3. The number of allylic oxidation sites excluding steroid dienone is 1. The quantitative estimate of drug-likeness (QED) is 0.589. The van der Waals surface area contributed by atoms with Crippen LogP contribution in [0.3, 0.4) is 0 Å². The molecule has 0 radical (unpaired) electrons. The highest BCUT2D eigenvalue weighted by molar-refractivity contribution is 5.95. The lowest BCUT2D eigenvalue weighted by Gasteiger charge is -2.10. The number of rotatable bonds is 9. The molecule has 0 aromatic heterocycles. The highest BCUT2D eigenvalue weighted by Gasteiger charge is 2.51. The fourth-order valence-corrected chi connectivity index (χ4v) is 3.76. The highest BCUT2D eigenvalue weighted by atomic mass is 16.1. The Kier molecular flexibility index (Phi) is 6.37. The lowest BCUT2D eigenvalue weighted by molar-refractivity contribution is -0.123. The van der Waals surface area contributed by atoms with Crippen molar-refractivity contribution < 1.29 is 9.59 Å². The molecule has 1 saturated carbocycles. The number of Topliss-reactive ketones (excluding diaryl/α,β-unsaturated/α-hetero) is 2. The molecule has 25 heavy (non-hydrogen) atoms. The van der Waals surface area contributed by atoms with E-state index in [1.54, 1.807) is 6.92 Å². The molecule has 2 rings (SSSR count). The summed E-state index contributed by atoms with van der Waals surface area (Å²) in [6.45, 7) is 13.7. The first-order valence-electron chi connectivity index (χ1n) is 9.53. The van der Waals surface area contributed by atoms with Crippen molar-refractivity contribution in [3.8, 4) is 0 Å². The highest BCUT2D eigenvalue weighted by Crippen LogP contribution is 2.49. The summed E-state index contributed by atoms with van der Waals surface area (Å²) in [5, 5.41) is 0. The van der Waals surface area contributed by atoms with Crippen LogP contribution in [0.5, 0.6) is 0 Å². The van der Waals surface area contributed by atoms with Gasteiger partial charge in [0.15, 0.2) is 5.78 Å². The summed E-state index contributed by atoms with van der Waals surface area (Å²) in [6.07, 6.45) is 2.76. The maximum atomic E-state index is 12.2. The van der Waals surface area contributed by atoms with Gasteiger partial charge in [0.2, 0.25) is 0 Å². The summed E-state index contributed by atoms with van der Waals surface area (Å²) in [7, 11) is 0. The Morgan fingerprint density at radius 2 is 1.64 bits per heavy atom. The van der Waals surface area contributed by atoms with Crippen molar-refractivity contribution in [3.63, 3.8) is 0 Å². The van der Waals surface area contributed by atoms with E-state index in [4.69, 9.17) is 0 Å². The Bertz CT molecular complexity index is 639. The van der Waals surface area contributed by atoms with Crippen molar-refractivity contribution in [2.45, 2.75) is 53.9 Å². The van der Waals surface area contributed by atoms with E-state index in [9.17, 15) is 9.59 Å². The number of carbonyl (C=O) groups is 2. The SMILES string of the molecule is C=C(C)C(=O)C(C)CCc1ccc(CC2C(C)C2C(=O)C(C)C)cc1. The largest absolute Gasteiger partial charge is 0.299 e. The third kappa shape index (κ3) is 4.90. The first-order chi connectivity index (χ1) is 11.7. The summed E-state index contributed by atoms with van der Waals surface area (Å²) in [5.41, 5.74) is 3.22. The van der Waals surface area contributed by atoms with Crippen molar-refractivity contribution in [1.82, 2.24) is 0 Å². The molecule has 0 spiro atoms. The number of hydrogen-bond donors (Lipinski definition) is 0. The first kappa shape index (κ1) is 19.6. The second-order valence-corrected chi connectivity index (χ2v) is 8.21. The Hall–Kier alpha value is -1.70. The van der Waals surface area contributed by atoms with E-state index in [0.29, 0.717) is 23.2 Å². The van der Waals surface area contributed by atoms with Gasteiger partial charge in [0.25, 0.3) is 0 Å². The molecule has 0 heterocycles. The van der Waals surface area contributed by atoms with Crippen molar-refractivity contribution >= 4 is 11.6 Å². The molecule has 4 unspecified atom stereocenters. The smallest absolute Gasteiger partial charge is 0.160 e. The minimum atomic E-state index is 0.0345. The van der Waals surface area contributed by atoms with Crippen LogP contribution in [0.4, 0.5) is 0 Å². The summed E-state index contributed by atoms with van der Waals surface area (Å²) < 4.78 is 0. The number of ketones is 2. The van der Waals surface area contributed by atoms with Gasteiger partial charge in [-0.1, -0.05) is 58.5 Å². The van der Waals surface area contributed by atoms with E-state index in [0.717, 1.165) is 19.3 Å². The van der Waals surface area contributed by atoms with Crippen LogP contribution in [0, 0.1) is 29.6 Å². The van der Waals surface area contributed by atoms with E-state index >= 15 is 0 Å². The minimum absolute atomic E-state index is 0.0345. The lowest BCUT2D eigenvalue weighted by atomic mass is 9.93. The molecule has 4 atom stereocenters. The Labute approximate surface area is 152 Å². The number of hydrogen-bond acceptors (Lipinski definition) is 2. The van der Waals surface area contributed by atoms with E-state index in [2.05, 4.69) is 37.8 Å². The monoisotopic (exact) mass is 340 g/mol. The minimum Gasteiger partial charge on any atom is -0.299 e. The molecule has 136 valence electrons. The summed E-state index contributed by atoms with van der Waals surface area (Å²) in [5.74, 6) is 2.05. The molecule has 0 bridgehead atoms. The second kappa shape index (κ2) is 8.12. The van der Waals surface area contributed by atoms with Crippen LogP contribution in [0.2, 0.25) is 0 Å². The van der Waals surface area contributed by atoms with Crippen molar-refractivity contribution in [2.75, 3.05) is 0 Å². The van der Waals surface area contributed by atoms with Crippen molar-refractivity contribution in [3.05, 3.63) is 47.5 Å². The Balaban J connectivity index is 1.86. The van der Waals surface area contributed by atoms with Crippen LogP contribution in [-0.4, -0.2) is 11.6 Å². The van der Waals surface area contributed by atoms with Gasteiger partial charge in [-0.3, -0.25) is 9.59 Å². The van der Waals surface area contributed by atoms with E-state index in [-0.39, 0.29) is 23.5 Å². The maximum Gasteiger partial charge on any atom is 0.160 e. The van der Waals surface area contributed by atoms with E-state index < -0.39 is 0 Å². The molecule has 1 aromatic rings. The van der Waals surface area contributed by atoms with Crippen molar-refractivity contribution in [2.24, 2.45) is 29.6 Å². The van der Waals surface area contributed by atoms with Crippen LogP contribution in [-0.2, 0) is 22.4 Å². The zero-order chi connectivity index (χ0) is 18.7. The Morgan fingerprint density at radius 3 is 2.16 bits per heavy atom. The molecular formula is C23H32O2. The predicted molar refractivity (Wildman–Crippen MR) is 103 cm³/mol. The molecule has 1 aromatic carbocycles. The lowest BCUT2D eigenvalue weighted by Crippen LogP contribution is -2.12. The third-order valence-corrected chi connectivity index (χ3v) is 5.69. The molecule has 1 aliphatic rings. The van der Waals surface area contributed by atoms with Crippen LogP contribution in [0.25, 0.3) is 0 Å². The summed E-state index contributed by atoms with van der Waals surface area (Å²) >= 11 is 0. The predicted octanol–water partition coefficient (Wildman–Crippen LogP) is 5.05. The number of benzene rings is 1. The van der Waals surface area contributed by atoms with E-state index in [1.165, 1.54) is 11.1 Å². The zero-order valence-corrected chi connectivity index (χ0v) is 16.3. The average molecular weight is 341 g/mol. The zero-order valence-electron chi connectivity index (χ0n) is 16.3. The number of aryl methyl sites for hydroxylation is 1. The van der Waals surface area contributed by atoms with Gasteiger partial charge in [-0.25, -0.2) is 0 Å². The number of carbonyl (C=O) groups excluding carboxylic acids is 2. The average Bonchev–Trinajstić information content (AvgIpc) is 3.21. The van der Waals surface area contributed by atoms with Gasteiger partial charge < -0.3 is 0 Å². The third-order valence-electron chi connectivity index (χ3n) is 5.69. The molecule has 1 fully saturated rings. The molecule has 2 nitrogen and oxygen atoms in total. The fraction of sp³-hybridized carbons (Fsp3) is 0.565. The van der Waals surface area contributed by atoms with Gasteiger partial charge in [-0.2, -0.15) is 0 Å². The van der Waals surface area contributed by atoms with Gasteiger partial charge in [0, 0.05) is 17.8 Å². The summed E-state index contributed by atoms with van der Waals surface area (Å²) in [4.78, 5) is 24.1. The molecule has 1 aliphatic carbocycles. The van der Waals surface area contributed by atoms with Crippen LogP contribution in [0.15, 0.2) is 36.4 Å². The summed E-state index contributed by atoms with van der Waals surface area (Å²) in [6, 6.07) is 8.70. The Morgan fingerprint density at radius 1 is 1.08 bits per heavy atom. The molecule has 2 heteroatoms. The van der Waals surface area contributed by atoms with E-state index in [1.807, 2.05) is 20.8 Å². The van der Waals surface area contributed by atoms with Gasteiger partial charge in [-0.05, 0) is 54.7 Å². The molecule has 0 amide bonds. The van der Waals surface area contributed by atoms with Gasteiger partial charge >= 0.3 is 0 Å². The van der Waals surface area contributed by atoms with Crippen LogP contribution < -0.4 is 0 Å². The fourth-order valence-electron chi connectivity index (χ4n) is 3.76. The van der Waals surface area contributed by atoms with Gasteiger partial charge in [0.05, 0.1) is 0 Å². The van der Waals surface area contributed by atoms with Gasteiger partial charge in [0.1, 0.15) is 5.78 Å². The van der Waals surface area contributed by atoms with Crippen molar-refractivity contribution in [1.29, 1.82) is 0 Å². The van der Waals surface area contributed by atoms with Crippen LogP contribution in [0.1, 0.15) is 52.2 Å². The maximum absolute atomic E-state index is 12.2. The van der Waals surface area contributed by atoms with Crippen LogP contribution >= 0.6 is 0 Å².